The second-order valence-electron chi connectivity index (χ2n) is 5.74. The number of carbonyl (C=O) groups excluding carboxylic acids is 1. The average Bonchev–Trinajstić information content (AvgIpc) is 3.00. The van der Waals surface area contributed by atoms with Crippen LogP contribution in [0, 0.1) is 5.92 Å². The van der Waals surface area contributed by atoms with Gasteiger partial charge in [-0.3, -0.25) is 14.5 Å². The smallest absolute Gasteiger partial charge is 0.308 e. The lowest BCUT2D eigenvalue weighted by Gasteiger charge is -2.28. The molecule has 6 nitrogen and oxygen atoms in total. The molecular formula is C14H24N2O4. The van der Waals surface area contributed by atoms with Crippen LogP contribution in [0.2, 0.25) is 0 Å². The van der Waals surface area contributed by atoms with Crippen molar-refractivity contribution >= 4 is 11.9 Å². The predicted octanol–water partition coefficient (Wildman–Crippen LogP) is 0.465. The molecule has 20 heavy (non-hydrogen) atoms. The van der Waals surface area contributed by atoms with E-state index >= 15 is 0 Å². The minimum atomic E-state index is -0.727. The first-order valence-corrected chi connectivity index (χ1v) is 7.33. The maximum absolute atomic E-state index is 12.1. The fourth-order valence-corrected chi connectivity index (χ4v) is 3.61. The molecule has 6 heteroatoms. The van der Waals surface area contributed by atoms with Crippen molar-refractivity contribution in [3.05, 3.63) is 0 Å². The molecule has 0 radical (unpaired) electrons. The molecule has 2 rings (SSSR count). The van der Waals surface area contributed by atoms with Gasteiger partial charge in [0.1, 0.15) is 0 Å². The third kappa shape index (κ3) is 2.96. The summed E-state index contributed by atoms with van der Waals surface area (Å²) >= 11 is 0. The molecule has 0 spiro atoms. The second kappa shape index (κ2) is 6.54. The van der Waals surface area contributed by atoms with Gasteiger partial charge in [0, 0.05) is 32.3 Å². The van der Waals surface area contributed by atoms with E-state index in [1.807, 2.05) is 6.92 Å². The number of hydrogen-bond donors (Lipinski definition) is 2. The first kappa shape index (κ1) is 15.3. The van der Waals surface area contributed by atoms with Gasteiger partial charge in [0.05, 0.1) is 12.0 Å². The van der Waals surface area contributed by atoms with Gasteiger partial charge in [-0.2, -0.15) is 0 Å². The Balaban J connectivity index is 1.88. The topological polar surface area (TPSA) is 78.9 Å². The Morgan fingerprint density at radius 3 is 2.80 bits per heavy atom. The number of nitrogens with one attached hydrogen (secondary N) is 1. The van der Waals surface area contributed by atoms with E-state index in [2.05, 4.69) is 10.2 Å². The Morgan fingerprint density at radius 1 is 1.45 bits per heavy atom. The standard InChI is InChI=1S/C14H24N2O4/c1-9(13(17)15-6-3-7-20-2)16-10-4-5-12(16)11(8-10)14(18)19/h9-12H,3-8H2,1-2H3,(H,15,17)(H,18,19). The van der Waals surface area contributed by atoms with Gasteiger partial charge < -0.3 is 15.2 Å². The minimum absolute atomic E-state index is 0.0101. The van der Waals surface area contributed by atoms with Crippen LogP contribution < -0.4 is 5.32 Å². The van der Waals surface area contributed by atoms with Crippen molar-refractivity contribution in [1.82, 2.24) is 10.2 Å². The zero-order valence-corrected chi connectivity index (χ0v) is 12.2. The zero-order chi connectivity index (χ0) is 14.7. The largest absolute Gasteiger partial charge is 0.481 e. The summed E-state index contributed by atoms with van der Waals surface area (Å²) in [6.45, 7) is 3.11. The van der Waals surface area contributed by atoms with E-state index in [9.17, 15) is 14.7 Å². The number of methoxy groups -OCH3 is 1. The third-order valence-corrected chi connectivity index (χ3v) is 4.56. The summed E-state index contributed by atoms with van der Waals surface area (Å²) in [5.74, 6) is -1.04. The number of hydrogen-bond acceptors (Lipinski definition) is 4. The molecule has 4 unspecified atom stereocenters. The van der Waals surface area contributed by atoms with Crippen molar-refractivity contribution in [3.63, 3.8) is 0 Å². The molecule has 2 heterocycles. The first-order valence-electron chi connectivity index (χ1n) is 7.33. The highest BCUT2D eigenvalue weighted by Gasteiger charge is 2.51. The van der Waals surface area contributed by atoms with Crippen LogP contribution in [0.4, 0.5) is 0 Å². The molecule has 4 atom stereocenters. The lowest BCUT2D eigenvalue weighted by Crippen LogP contribution is -2.48. The summed E-state index contributed by atoms with van der Waals surface area (Å²) < 4.78 is 4.94. The van der Waals surface area contributed by atoms with Crippen LogP contribution in [0.5, 0.6) is 0 Å². The maximum atomic E-state index is 12.1. The van der Waals surface area contributed by atoms with E-state index in [1.54, 1.807) is 7.11 Å². The van der Waals surface area contributed by atoms with Crippen molar-refractivity contribution in [2.24, 2.45) is 5.92 Å². The summed E-state index contributed by atoms with van der Waals surface area (Å²) in [7, 11) is 1.64. The van der Waals surface area contributed by atoms with Crippen LogP contribution in [0.1, 0.15) is 32.6 Å². The predicted molar refractivity (Wildman–Crippen MR) is 73.4 cm³/mol. The average molecular weight is 284 g/mol. The number of rotatable bonds is 7. The lowest BCUT2D eigenvalue weighted by molar-refractivity contribution is -0.143. The van der Waals surface area contributed by atoms with E-state index in [1.165, 1.54) is 0 Å². The minimum Gasteiger partial charge on any atom is -0.481 e. The van der Waals surface area contributed by atoms with E-state index in [-0.39, 0.29) is 30.0 Å². The van der Waals surface area contributed by atoms with Crippen LogP contribution in [0.3, 0.4) is 0 Å². The molecule has 0 aliphatic carbocycles. The van der Waals surface area contributed by atoms with E-state index in [0.717, 1.165) is 19.3 Å². The quantitative estimate of drug-likeness (QED) is 0.664. The van der Waals surface area contributed by atoms with Crippen LogP contribution >= 0.6 is 0 Å². The lowest BCUT2D eigenvalue weighted by atomic mass is 9.89. The number of aliphatic carboxylic acids is 1. The highest BCUT2D eigenvalue weighted by atomic mass is 16.5. The number of carboxylic acid groups (broad SMARTS) is 1. The number of nitrogens with zero attached hydrogens (tertiary/aromatic N) is 1. The summed E-state index contributed by atoms with van der Waals surface area (Å²) in [6.07, 6.45) is 3.37. The van der Waals surface area contributed by atoms with Gasteiger partial charge in [-0.05, 0) is 32.6 Å². The maximum Gasteiger partial charge on any atom is 0.308 e. The Hall–Kier alpha value is -1.14. The molecule has 2 saturated heterocycles. The SMILES string of the molecule is COCCCNC(=O)C(C)N1C2CCC1C(C(=O)O)C2. The van der Waals surface area contributed by atoms with Gasteiger partial charge in [0.25, 0.3) is 0 Å². The number of amides is 1. The van der Waals surface area contributed by atoms with Gasteiger partial charge in [0.2, 0.25) is 5.91 Å². The van der Waals surface area contributed by atoms with Gasteiger partial charge >= 0.3 is 5.97 Å². The molecule has 2 N–H and O–H groups in total. The number of ether oxygens (including phenoxy) is 1. The van der Waals surface area contributed by atoms with Gasteiger partial charge in [-0.1, -0.05) is 0 Å². The molecule has 2 aliphatic heterocycles. The summed E-state index contributed by atoms with van der Waals surface area (Å²) in [5.41, 5.74) is 0. The van der Waals surface area contributed by atoms with Crippen LogP contribution in [0.15, 0.2) is 0 Å². The molecule has 0 aromatic heterocycles. The molecule has 1 amide bonds. The number of carboxylic acids is 1. The summed E-state index contributed by atoms with van der Waals surface area (Å²) in [6, 6.07) is 0.0254. The monoisotopic (exact) mass is 284 g/mol. The first-order chi connectivity index (χ1) is 9.56. The molecular weight excluding hydrogens is 260 g/mol. The second-order valence-corrected chi connectivity index (χ2v) is 5.74. The third-order valence-electron chi connectivity index (χ3n) is 4.56. The van der Waals surface area contributed by atoms with Gasteiger partial charge in [0.15, 0.2) is 0 Å². The fourth-order valence-electron chi connectivity index (χ4n) is 3.61. The highest BCUT2D eigenvalue weighted by molar-refractivity contribution is 5.82. The van der Waals surface area contributed by atoms with Crippen LogP contribution in [-0.4, -0.2) is 60.3 Å². The van der Waals surface area contributed by atoms with Crippen molar-refractivity contribution < 1.29 is 19.4 Å². The van der Waals surface area contributed by atoms with Crippen molar-refractivity contribution in [2.45, 2.75) is 50.7 Å². The van der Waals surface area contributed by atoms with Crippen LogP contribution in [0.25, 0.3) is 0 Å². The van der Waals surface area contributed by atoms with E-state index in [4.69, 9.17) is 4.74 Å². The number of fused-ring (bicyclic) bond motifs is 2. The Morgan fingerprint density at radius 2 is 2.20 bits per heavy atom. The van der Waals surface area contributed by atoms with Crippen molar-refractivity contribution in [2.75, 3.05) is 20.3 Å². The Bertz CT molecular complexity index is 374. The summed E-state index contributed by atoms with van der Waals surface area (Å²) in [5, 5.41) is 12.1. The molecule has 114 valence electrons. The zero-order valence-electron chi connectivity index (χ0n) is 12.2. The van der Waals surface area contributed by atoms with Gasteiger partial charge in [-0.15, -0.1) is 0 Å². The van der Waals surface area contributed by atoms with E-state index < -0.39 is 5.97 Å². The van der Waals surface area contributed by atoms with Gasteiger partial charge in [-0.25, -0.2) is 0 Å². The molecule has 0 aromatic carbocycles. The molecule has 0 aromatic rings. The molecule has 2 fully saturated rings. The molecule has 2 bridgehead atoms. The fraction of sp³-hybridized carbons (Fsp3) is 0.857. The molecule has 0 saturated carbocycles. The normalized spacial score (nSPS) is 30.4. The molecule has 2 aliphatic rings. The Labute approximate surface area is 119 Å². The highest BCUT2D eigenvalue weighted by Crippen LogP contribution is 2.43. The van der Waals surface area contributed by atoms with Crippen molar-refractivity contribution in [3.8, 4) is 0 Å². The van der Waals surface area contributed by atoms with Crippen molar-refractivity contribution in [1.29, 1.82) is 0 Å². The Kier molecular flexibility index (Phi) is 4.99. The number of carbonyl (C=O) groups is 2. The van der Waals surface area contributed by atoms with E-state index in [0.29, 0.717) is 19.6 Å². The summed E-state index contributed by atoms with van der Waals surface area (Å²) in [4.78, 5) is 25.5. The van der Waals surface area contributed by atoms with Crippen LogP contribution in [-0.2, 0) is 14.3 Å².